The van der Waals surface area contributed by atoms with Crippen LogP contribution >= 0.6 is 12.4 Å². The van der Waals surface area contributed by atoms with Gasteiger partial charge in [0, 0.05) is 25.5 Å². The van der Waals surface area contributed by atoms with Gasteiger partial charge in [-0.05, 0) is 32.1 Å². The van der Waals surface area contributed by atoms with E-state index in [0.717, 1.165) is 19.4 Å². The molecule has 0 atom stereocenters. The third-order valence-electron chi connectivity index (χ3n) is 3.60. The molecular formula is C16H25ClN2O5S. The molecule has 0 fully saturated rings. The van der Waals surface area contributed by atoms with Crippen LogP contribution in [-0.4, -0.2) is 53.4 Å². The Morgan fingerprint density at radius 3 is 2.60 bits per heavy atom. The number of ether oxygens (including phenoxy) is 2. The van der Waals surface area contributed by atoms with Gasteiger partial charge >= 0.3 is 0 Å². The van der Waals surface area contributed by atoms with E-state index in [1.54, 1.807) is 6.07 Å². The predicted octanol–water partition coefficient (Wildman–Crippen LogP) is 1.16. The molecular weight excluding hydrogens is 368 g/mol. The summed E-state index contributed by atoms with van der Waals surface area (Å²) in [7, 11) is -1.71. The molecule has 7 nitrogen and oxygen atoms in total. The molecule has 1 aliphatic rings. The Hall–Kier alpha value is -1.51. The van der Waals surface area contributed by atoms with Gasteiger partial charge in [-0.15, -0.1) is 12.4 Å². The first kappa shape index (κ1) is 21.5. The van der Waals surface area contributed by atoms with E-state index in [4.69, 9.17) is 9.47 Å². The van der Waals surface area contributed by atoms with Crippen LogP contribution in [0.2, 0.25) is 0 Å². The van der Waals surface area contributed by atoms with Gasteiger partial charge in [-0.1, -0.05) is 0 Å². The van der Waals surface area contributed by atoms with Gasteiger partial charge in [-0.25, -0.2) is 8.42 Å². The standard InChI is InChI=1S/C16H24N2O5S.ClH/c1-17-7-2-8-18-16(19)6-11-24(20,21)13-4-5-14-15(12-13)23-10-3-9-22-14;/h4-5,12,17H,2-3,6-11H2,1H3,(H,18,19);1H. The molecule has 2 rings (SSSR count). The fourth-order valence-electron chi connectivity index (χ4n) is 2.26. The zero-order valence-electron chi connectivity index (χ0n) is 14.2. The van der Waals surface area contributed by atoms with Crippen LogP contribution < -0.4 is 20.1 Å². The van der Waals surface area contributed by atoms with Gasteiger partial charge in [-0.3, -0.25) is 4.79 Å². The van der Waals surface area contributed by atoms with Crippen LogP contribution in [-0.2, 0) is 14.6 Å². The number of carbonyl (C=O) groups is 1. The first-order valence-corrected chi connectivity index (χ1v) is 9.72. The Bertz CT molecular complexity index is 666. The molecule has 25 heavy (non-hydrogen) atoms. The molecule has 9 heteroatoms. The third kappa shape index (κ3) is 6.72. The second kappa shape index (κ2) is 10.5. The SMILES string of the molecule is CNCCCNC(=O)CCS(=O)(=O)c1ccc2c(c1)OCCCO2.Cl. The molecule has 0 saturated heterocycles. The van der Waals surface area contributed by atoms with E-state index < -0.39 is 9.84 Å². The fraction of sp³-hybridized carbons (Fsp3) is 0.562. The lowest BCUT2D eigenvalue weighted by molar-refractivity contribution is -0.120. The number of halogens is 1. The predicted molar refractivity (Wildman–Crippen MR) is 97.5 cm³/mol. The number of nitrogens with one attached hydrogen (secondary N) is 2. The Labute approximate surface area is 154 Å². The lowest BCUT2D eigenvalue weighted by atomic mass is 10.3. The first-order valence-electron chi connectivity index (χ1n) is 8.06. The van der Waals surface area contributed by atoms with Crippen molar-refractivity contribution in [2.75, 3.05) is 39.1 Å². The topological polar surface area (TPSA) is 93.7 Å². The van der Waals surface area contributed by atoms with Crippen LogP contribution in [0.3, 0.4) is 0 Å². The van der Waals surface area contributed by atoms with Crippen molar-refractivity contribution < 1.29 is 22.7 Å². The van der Waals surface area contributed by atoms with Crippen LogP contribution in [0.1, 0.15) is 19.3 Å². The number of amides is 1. The molecule has 1 aliphatic heterocycles. The van der Waals surface area contributed by atoms with Gasteiger partial charge in [0.05, 0.1) is 23.9 Å². The number of hydrogen-bond donors (Lipinski definition) is 2. The third-order valence-corrected chi connectivity index (χ3v) is 5.32. The van der Waals surface area contributed by atoms with Crippen LogP contribution in [0.25, 0.3) is 0 Å². The normalized spacial score (nSPS) is 13.5. The lowest BCUT2D eigenvalue weighted by Gasteiger charge is -2.10. The summed E-state index contributed by atoms with van der Waals surface area (Å²) in [5, 5.41) is 5.69. The van der Waals surface area contributed by atoms with Crippen molar-refractivity contribution in [3.05, 3.63) is 18.2 Å². The maximum atomic E-state index is 12.4. The Balaban J connectivity index is 0.00000312. The van der Waals surface area contributed by atoms with E-state index in [-0.39, 0.29) is 35.4 Å². The van der Waals surface area contributed by atoms with Gasteiger partial charge in [0.25, 0.3) is 0 Å². The monoisotopic (exact) mass is 392 g/mol. The second-order valence-electron chi connectivity index (χ2n) is 5.53. The fourth-order valence-corrected chi connectivity index (χ4v) is 3.52. The molecule has 1 heterocycles. The number of hydrogen-bond acceptors (Lipinski definition) is 6. The summed E-state index contributed by atoms with van der Waals surface area (Å²) >= 11 is 0. The minimum Gasteiger partial charge on any atom is -0.490 e. The van der Waals surface area contributed by atoms with E-state index in [0.29, 0.717) is 31.3 Å². The molecule has 0 saturated carbocycles. The van der Waals surface area contributed by atoms with E-state index in [1.165, 1.54) is 12.1 Å². The first-order chi connectivity index (χ1) is 11.5. The van der Waals surface area contributed by atoms with Crippen molar-refractivity contribution in [3.63, 3.8) is 0 Å². The molecule has 0 radical (unpaired) electrons. The molecule has 1 aromatic carbocycles. The Morgan fingerprint density at radius 1 is 1.16 bits per heavy atom. The highest BCUT2D eigenvalue weighted by atomic mass is 35.5. The highest BCUT2D eigenvalue weighted by Gasteiger charge is 2.20. The number of sulfone groups is 1. The summed E-state index contributed by atoms with van der Waals surface area (Å²) in [6.07, 6.45) is 1.50. The highest BCUT2D eigenvalue weighted by molar-refractivity contribution is 7.91. The zero-order valence-corrected chi connectivity index (χ0v) is 15.9. The Kier molecular flexibility index (Phi) is 9.02. The van der Waals surface area contributed by atoms with Crippen molar-refractivity contribution in [2.45, 2.75) is 24.2 Å². The van der Waals surface area contributed by atoms with Crippen LogP contribution in [0.4, 0.5) is 0 Å². The van der Waals surface area contributed by atoms with E-state index in [9.17, 15) is 13.2 Å². The molecule has 0 bridgehead atoms. The number of fused-ring (bicyclic) bond motifs is 1. The number of benzene rings is 1. The molecule has 1 aromatic rings. The zero-order chi connectivity index (χ0) is 17.4. The van der Waals surface area contributed by atoms with Gasteiger partial charge in [0.1, 0.15) is 0 Å². The van der Waals surface area contributed by atoms with E-state index >= 15 is 0 Å². The quantitative estimate of drug-likeness (QED) is 0.645. The highest BCUT2D eigenvalue weighted by Crippen LogP contribution is 2.32. The van der Waals surface area contributed by atoms with Crippen molar-refractivity contribution in [1.29, 1.82) is 0 Å². The van der Waals surface area contributed by atoms with Crippen molar-refractivity contribution in [3.8, 4) is 11.5 Å². The largest absolute Gasteiger partial charge is 0.490 e. The molecule has 0 aliphatic carbocycles. The van der Waals surface area contributed by atoms with Crippen LogP contribution in [0.15, 0.2) is 23.1 Å². The summed E-state index contributed by atoms with van der Waals surface area (Å²) in [6, 6.07) is 4.57. The van der Waals surface area contributed by atoms with E-state index in [2.05, 4.69) is 10.6 Å². The second-order valence-corrected chi connectivity index (χ2v) is 7.64. The smallest absolute Gasteiger partial charge is 0.221 e. The maximum absolute atomic E-state index is 12.4. The Morgan fingerprint density at radius 2 is 1.88 bits per heavy atom. The summed E-state index contributed by atoms with van der Waals surface area (Å²) in [6.45, 7) is 2.37. The summed E-state index contributed by atoms with van der Waals surface area (Å²) < 4.78 is 35.8. The molecule has 1 amide bonds. The van der Waals surface area contributed by atoms with Gasteiger partial charge in [0.2, 0.25) is 5.91 Å². The molecule has 2 N–H and O–H groups in total. The number of rotatable bonds is 8. The minimum absolute atomic E-state index is 0. The minimum atomic E-state index is -3.54. The van der Waals surface area contributed by atoms with Crippen LogP contribution in [0.5, 0.6) is 11.5 Å². The van der Waals surface area contributed by atoms with E-state index in [1.807, 2.05) is 7.05 Å². The molecule has 0 spiro atoms. The average Bonchev–Trinajstić information content (AvgIpc) is 2.81. The van der Waals surface area contributed by atoms with Crippen molar-refractivity contribution >= 4 is 28.2 Å². The summed E-state index contributed by atoms with van der Waals surface area (Å²) in [4.78, 5) is 11.9. The molecule has 0 aromatic heterocycles. The summed E-state index contributed by atoms with van der Waals surface area (Å²) in [5.41, 5.74) is 0. The maximum Gasteiger partial charge on any atom is 0.221 e. The van der Waals surface area contributed by atoms with Gasteiger partial charge in [-0.2, -0.15) is 0 Å². The van der Waals surface area contributed by atoms with Crippen molar-refractivity contribution in [2.24, 2.45) is 0 Å². The molecule has 0 unspecified atom stereocenters. The summed E-state index contributed by atoms with van der Waals surface area (Å²) in [5.74, 6) is 0.493. The van der Waals surface area contributed by atoms with Gasteiger partial charge in [0.15, 0.2) is 21.3 Å². The lowest BCUT2D eigenvalue weighted by Crippen LogP contribution is -2.28. The van der Waals surface area contributed by atoms with Gasteiger partial charge < -0.3 is 20.1 Å². The van der Waals surface area contributed by atoms with Crippen LogP contribution in [0, 0.1) is 0 Å². The molecule has 142 valence electrons. The average molecular weight is 393 g/mol. The van der Waals surface area contributed by atoms with Crippen molar-refractivity contribution in [1.82, 2.24) is 10.6 Å². The number of carbonyl (C=O) groups excluding carboxylic acids is 1.